The Morgan fingerprint density at radius 2 is 2.05 bits per heavy atom. The van der Waals surface area contributed by atoms with Crippen molar-refractivity contribution < 1.29 is 0 Å². The zero-order chi connectivity index (χ0) is 14.8. The second-order valence-electron chi connectivity index (χ2n) is 4.94. The van der Waals surface area contributed by atoms with Crippen LogP contribution in [-0.4, -0.2) is 16.5 Å². The summed E-state index contributed by atoms with van der Waals surface area (Å²) < 4.78 is 0. The normalized spacial score (nSPS) is 11.2. The van der Waals surface area contributed by atoms with Gasteiger partial charge in [-0.25, -0.2) is 0 Å². The molecule has 3 aromatic rings. The molecule has 3 nitrogen and oxygen atoms in total. The van der Waals surface area contributed by atoms with Gasteiger partial charge >= 0.3 is 0 Å². The van der Waals surface area contributed by atoms with Crippen LogP contribution in [-0.2, 0) is 6.42 Å². The Labute approximate surface area is 133 Å². The fourth-order valence-corrected chi connectivity index (χ4v) is 2.81. The number of benzene rings is 1. The molecule has 0 spiro atoms. The summed E-state index contributed by atoms with van der Waals surface area (Å²) in [6.07, 6.45) is 5.71. The molecule has 21 heavy (non-hydrogen) atoms. The largest absolute Gasteiger partial charge is 0.359 e. The van der Waals surface area contributed by atoms with E-state index in [1.54, 1.807) is 6.07 Å². The van der Waals surface area contributed by atoms with Crippen LogP contribution in [0.2, 0.25) is 10.0 Å². The molecule has 3 rings (SSSR count). The van der Waals surface area contributed by atoms with E-state index in [-0.39, 0.29) is 0 Å². The highest BCUT2D eigenvalue weighted by molar-refractivity contribution is 6.43. The standard InChI is InChI=1S/C16H15Cl2N3/c17-13-5-1-4-11(15(13)18)12-9-20-14-7-10(3-2-6-19)8-21-16(12)14/h1,4-5,7-9,20H,2-3,6,19H2. The highest BCUT2D eigenvalue weighted by atomic mass is 35.5. The second-order valence-corrected chi connectivity index (χ2v) is 5.72. The highest BCUT2D eigenvalue weighted by Crippen LogP contribution is 2.36. The summed E-state index contributed by atoms with van der Waals surface area (Å²) in [5.41, 5.74) is 10.5. The van der Waals surface area contributed by atoms with Crippen LogP contribution in [0.15, 0.2) is 36.7 Å². The summed E-state index contributed by atoms with van der Waals surface area (Å²) in [7, 11) is 0. The molecule has 2 aromatic heterocycles. The van der Waals surface area contributed by atoms with Crippen LogP contribution in [0.5, 0.6) is 0 Å². The van der Waals surface area contributed by atoms with Gasteiger partial charge in [-0.05, 0) is 37.1 Å². The van der Waals surface area contributed by atoms with E-state index >= 15 is 0 Å². The number of aromatic amines is 1. The molecule has 0 aliphatic heterocycles. The predicted octanol–water partition coefficient (Wildman–Crippen LogP) is 4.43. The third-order valence-electron chi connectivity index (χ3n) is 3.48. The van der Waals surface area contributed by atoms with Crippen LogP contribution in [0, 0.1) is 0 Å². The van der Waals surface area contributed by atoms with Crippen LogP contribution >= 0.6 is 23.2 Å². The van der Waals surface area contributed by atoms with Crippen LogP contribution in [0.4, 0.5) is 0 Å². The smallest absolute Gasteiger partial charge is 0.0957 e. The number of fused-ring (bicyclic) bond motifs is 1. The number of rotatable bonds is 4. The number of aryl methyl sites for hydroxylation is 1. The molecule has 3 N–H and O–H groups in total. The van der Waals surface area contributed by atoms with Crippen molar-refractivity contribution in [2.75, 3.05) is 6.54 Å². The monoisotopic (exact) mass is 319 g/mol. The number of nitrogens with two attached hydrogens (primary N) is 1. The van der Waals surface area contributed by atoms with Gasteiger partial charge in [0.15, 0.2) is 0 Å². The fraction of sp³-hybridized carbons (Fsp3) is 0.188. The van der Waals surface area contributed by atoms with Crippen LogP contribution < -0.4 is 5.73 Å². The molecule has 0 saturated heterocycles. The fourth-order valence-electron chi connectivity index (χ4n) is 2.41. The Morgan fingerprint density at radius 1 is 1.19 bits per heavy atom. The Bertz CT molecular complexity index is 780. The van der Waals surface area contributed by atoms with Crippen molar-refractivity contribution >= 4 is 34.2 Å². The molecule has 2 heterocycles. The maximum atomic E-state index is 6.30. The molecule has 0 saturated carbocycles. The second kappa shape index (κ2) is 6.06. The van der Waals surface area contributed by atoms with E-state index < -0.39 is 0 Å². The summed E-state index contributed by atoms with van der Waals surface area (Å²) in [5.74, 6) is 0. The molecule has 0 unspecified atom stereocenters. The first-order chi connectivity index (χ1) is 10.2. The minimum Gasteiger partial charge on any atom is -0.359 e. The van der Waals surface area contributed by atoms with E-state index in [4.69, 9.17) is 28.9 Å². The molecule has 0 amide bonds. The number of hydrogen-bond donors (Lipinski definition) is 2. The Balaban J connectivity index is 2.06. The van der Waals surface area contributed by atoms with Crippen molar-refractivity contribution in [1.82, 2.24) is 9.97 Å². The number of aromatic nitrogens is 2. The van der Waals surface area contributed by atoms with E-state index in [0.717, 1.165) is 35.0 Å². The molecule has 0 aliphatic rings. The van der Waals surface area contributed by atoms with Gasteiger partial charge in [-0.3, -0.25) is 4.98 Å². The van der Waals surface area contributed by atoms with Gasteiger partial charge in [0, 0.05) is 23.5 Å². The first-order valence-corrected chi connectivity index (χ1v) is 7.56. The lowest BCUT2D eigenvalue weighted by Gasteiger charge is -2.04. The molecular formula is C16H15Cl2N3. The lowest BCUT2D eigenvalue weighted by Crippen LogP contribution is -2.00. The Kier molecular flexibility index (Phi) is 4.15. The maximum absolute atomic E-state index is 6.30. The average molecular weight is 320 g/mol. The number of nitrogens with one attached hydrogen (secondary N) is 1. The third kappa shape index (κ3) is 2.77. The van der Waals surface area contributed by atoms with Gasteiger partial charge in [0.25, 0.3) is 0 Å². The quantitative estimate of drug-likeness (QED) is 0.747. The van der Waals surface area contributed by atoms with Crippen molar-refractivity contribution in [3.05, 3.63) is 52.3 Å². The highest BCUT2D eigenvalue weighted by Gasteiger charge is 2.12. The van der Waals surface area contributed by atoms with Crippen molar-refractivity contribution in [2.24, 2.45) is 5.73 Å². The molecule has 0 aliphatic carbocycles. The van der Waals surface area contributed by atoms with Crippen molar-refractivity contribution in [2.45, 2.75) is 12.8 Å². The zero-order valence-electron chi connectivity index (χ0n) is 11.4. The maximum Gasteiger partial charge on any atom is 0.0957 e. The number of nitrogens with zero attached hydrogens (tertiary/aromatic N) is 1. The third-order valence-corrected chi connectivity index (χ3v) is 4.30. The summed E-state index contributed by atoms with van der Waals surface area (Å²) in [4.78, 5) is 7.82. The minimum atomic E-state index is 0.545. The summed E-state index contributed by atoms with van der Waals surface area (Å²) >= 11 is 12.4. The van der Waals surface area contributed by atoms with E-state index in [2.05, 4.69) is 16.0 Å². The first kappa shape index (κ1) is 14.4. The van der Waals surface area contributed by atoms with E-state index in [1.165, 1.54) is 5.56 Å². The van der Waals surface area contributed by atoms with Gasteiger partial charge < -0.3 is 10.7 Å². The van der Waals surface area contributed by atoms with Crippen LogP contribution in [0.25, 0.3) is 22.2 Å². The number of H-pyrrole nitrogens is 1. The molecule has 0 radical (unpaired) electrons. The molecule has 0 atom stereocenters. The van der Waals surface area contributed by atoms with Crippen molar-refractivity contribution in [3.63, 3.8) is 0 Å². The summed E-state index contributed by atoms with van der Waals surface area (Å²) in [6.45, 7) is 0.687. The SMILES string of the molecule is NCCCc1cnc2c(-c3cccc(Cl)c3Cl)c[nH]c2c1. The first-order valence-electron chi connectivity index (χ1n) is 6.81. The molecule has 108 valence electrons. The topological polar surface area (TPSA) is 54.7 Å². The number of halogens is 2. The Morgan fingerprint density at radius 3 is 2.86 bits per heavy atom. The van der Waals surface area contributed by atoms with E-state index in [0.29, 0.717) is 16.6 Å². The lowest BCUT2D eigenvalue weighted by molar-refractivity contribution is 0.830. The summed E-state index contributed by atoms with van der Waals surface area (Å²) in [6, 6.07) is 7.72. The number of pyridine rings is 1. The van der Waals surface area contributed by atoms with Gasteiger partial charge in [-0.15, -0.1) is 0 Å². The van der Waals surface area contributed by atoms with Crippen LogP contribution in [0.1, 0.15) is 12.0 Å². The minimum absolute atomic E-state index is 0.545. The van der Waals surface area contributed by atoms with Crippen molar-refractivity contribution in [3.8, 4) is 11.1 Å². The molecular weight excluding hydrogens is 305 g/mol. The summed E-state index contributed by atoms with van der Waals surface area (Å²) in [5, 5.41) is 1.09. The van der Waals surface area contributed by atoms with Gasteiger partial charge in [0.05, 0.1) is 21.1 Å². The van der Waals surface area contributed by atoms with Crippen LogP contribution in [0.3, 0.4) is 0 Å². The van der Waals surface area contributed by atoms with Gasteiger partial charge in [-0.1, -0.05) is 35.3 Å². The molecule has 0 bridgehead atoms. The van der Waals surface area contributed by atoms with Gasteiger partial charge in [0.1, 0.15) is 0 Å². The molecule has 5 heteroatoms. The van der Waals surface area contributed by atoms with Gasteiger partial charge in [-0.2, -0.15) is 0 Å². The zero-order valence-corrected chi connectivity index (χ0v) is 12.9. The number of hydrogen-bond acceptors (Lipinski definition) is 2. The predicted molar refractivity (Wildman–Crippen MR) is 88.9 cm³/mol. The van der Waals surface area contributed by atoms with E-state index in [1.807, 2.05) is 24.5 Å². The average Bonchev–Trinajstić information content (AvgIpc) is 2.91. The van der Waals surface area contributed by atoms with Gasteiger partial charge in [0.2, 0.25) is 0 Å². The molecule has 1 aromatic carbocycles. The Hall–Kier alpha value is -1.55. The van der Waals surface area contributed by atoms with Crippen molar-refractivity contribution in [1.29, 1.82) is 0 Å². The lowest BCUT2D eigenvalue weighted by atomic mass is 10.1. The molecule has 0 fully saturated rings. The van der Waals surface area contributed by atoms with E-state index in [9.17, 15) is 0 Å².